The van der Waals surface area contributed by atoms with Crippen LogP contribution in [0, 0.1) is 10.1 Å². The van der Waals surface area contributed by atoms with E-state index in [1.54, 1.807) is 60.7 Å². The Bertz CT molecular complexity index is 1260. The van der Waals surface area contributed by atoms with Crippen LogP contribution in [0.5, 0.6) is 0 Å². The number of benzene rings is 3. The van der Waals surface area contributed by atoms with Gasteiger partial charge in [-0.25, -0.2) is 0 Å². The van der Waals surface area contributed by atoms with Crippen LogP contribution in [-0.4, -0.2) is 28.4 Å². The molecule has 0 saturated heterocycles. The summed E-state index contributed by atoms with van der Waals surface area (Å²) in [7, 11) is 0. The molecule has 3 aromatic carbocycles. The fourth-order valence-corrected chi connectivity index (χ4v) is 3.58. The maximum absolute atomic E-state index is 13.1. The summed E-state index contributed by atoms with van der Waals surface area (Å²) in [4.78, 5) is 48.4. The Morgan fingerprint density at radius 1 is 0.971 bits per heavy atom. The van der Waals surface area contributed by atoms with Gasteiger partial charge in [0.05, 0.1) is 16.2 Å². The third kappa shape index (κ3) is 6.78. The number of para-hydroxylation sites is 1. The van der Waals surface area contributed by atoms with Crippen molar-refractivity contribution >= 4 is 46.9 Å². The summed E-state index contributed by atoms with van der Waals surface area (Å²) in [6.45, 7) is 0. The van der Waals surface area contributed by atoms with Crippen LogP contribution in [0.2, 0.25) is 0 Å². The van der Waals surface area contributed by atoms with Gasteiger partial charge in [-0.05, 0) is 42.5 Å². The Balaban J connectivity index is 1.91. The third-order valence-electron chi connectivity index (χ3n) is 4.44. The molecule has 0 saturated carbocycles. The van der Waals surface area contributed by atoms with Gasteiger partial charge in [-0.1, -0.05) is 36.4 Å². The minimum atomic E-state index is -0.681. The van der Waals surface area contributed by atoms with E-state index in [2.05, 4.69) is 10.6 Å². The normalized spacial score (nSPS) is 10.9. The molecular formula is C24H20N4O5S. The molecule has 3 aromatic rings. The van der Waals surface area contributed by atoms with E-state index in [1.165, 1.54) is 36.0 Å². The van der Waals surface area contributed by atoms with E-state index in [0.29, 0.717) is 16.1 Å². The molecule has 9 nitrogen and oxygen atoms in total. The molecule has 0 heterocycles. The van der Waals surface area contributed by atoms with Gasteiger partial charge in [0.1, 0.15) is 5.70 Å². The number of rotatable bonds is 9. The molecule has 10 heteroatoms. The molecule has 4 N–H and O–H groups in total. The van der Waals surface area contributed by atoms with E-state index < -0.39 is 22.6 Å². The molecule has 34 heavy (non-hydrogen) atoms. The minimum Gasteiger partial charge on any atom is -0.369 e. The number of nitro groups is 1. The number of nitro benzene ring substituents is 1. The van der Waals surface area contributed by atoms with E-state index >= 15 is 0 Å². The van der Waals surface area contributed by atoms with Crippen LogP contribution in [0.3, 0.4) is 0 Å². The summed E-state index contributed by atoms with van der Waals surface area (Å²) in [5.41, 5.74) is 5.64. The SMILES string of the molecule is NC(=O)CSc1cccc(NC(=O)/C(=C\c2ccccc2[N+](=O)[O-])NC(=O)c2ccccc2)c1. The molecule has 0 aliphatic heterocycles. The number of hydrogen-bond donors (Lipinski definition) is 3. The van der Waals surface area contributed by atoms with Crippen molar-refractivity contribution in [2.24, 2.45) is 5.73 Å². The van der Waals surface area contributed by atoms with E-state index in [9.17, 15) is 24.5 Å². The summed E-state index contributed by atoms with van der Waals surface area (Å²) >= 11 is 1.21. The Hall–Kier alpha value is -4.44. The highest BCUT2D eigenvalue weighted by molar-refractivity contribution is 8.00. The molecule has 0 aromatic heterocycles. The standard InChI is InChI=1S/C24H20N4O5S/c25-22(29)15-34-19-11-6-10-18(14-19)26-24(31)20(27-23(30)16-7-2-1-3-8-16)13-17-9-4-5-12-21(17)28(32)33/h1-14H,15H2,(H2,25,29)(H,26,31)(H,27,30)/b20-13+. The largest absolute Gasteiger partial charge is 0.369 e. The van der Waals surface area contributed by atoms with Crippen molar-refractivity contribution in [3.05, 3.63) is 106 Å². The number of thioether (sulfide) groups is 1. The van der Waals surface area contributed by atoms with E-state index in [1.807, 2.05) is 0 Å². The number of amides is 3. The molecule has 0 fully saturated rings. The lowest BCUT2D eigenvalue weighted by molar-refractivity contribution is -0.385. The molecule has 3 amide bonds. The average molecular weight is 477 g/mol. The molecule has 0 bridgehead atoms. The Labute approximate surface area is 199 Å². The number of hydrogen-bond acceptors (Lipinski definition) is 6. The first-order valence-electron chi connectivity index (χ1n) is 9.97. The van der Waals surface area contributed by atoms with E-state index in [-0.39, 0.29) is 22.7 Å². The quantitative estimate of drug-likeness (QED) is 0.186. The highest BCUT2D eigenvalue weighted by atomic mass is 32.2. The second-order valence-electron chi connectivity index (χ2n) is 6.93. The first-order chi connectivity index (χ1) is 16.3. The smallest absolute Gasteiger partial charge is 0.276 e. The summed E-state index contributed by atoms with van der Waals surface area (Å²) in [5, 5.41) is 16.6. The highest BCUT2D eigenvalue weighted by Crippen LogP contribution is 2.23. The average Bonchev–Trinajstić information content (AvgIpc) is 2.83. The molecular weight excluding hydrogens is 456 g/mol. The van der Waals surface area contributed by atoms with Crippen LogP contribution in [0.25, 0.3) is 6.08 Å². The van der Waals surface area contributed by atoms with E-state index in [0.717, 1.165) is 0 Å². The second-order valence-corrected chi connectivity index (χ2v) is 7.98. The van der Waals surface area contributed by atoms with Crippen molar-refractivity contribution < 1.29 is 19.3 Å². The monoisotopic (exact) mass is 476 g/mol. The zero-order valence-electron chi connectivity index (χ0n) is 17.8. The van der Waals surface area contributed by atoms with Crippen LogP contribution in [0.1, 0.15) is 15.9 Å². The first-order valence-corrected chi connectivity index (χ1v) is 11.0. The number of carbonyl (C=O) groups excluding carboxylic acids is 3. The number of nitrogens with one attached hydrogen (secondary N) is 2. The van der Waals surface area contributed by atoms with Gasteiger partial charge >= 0.3 is 0 Å². The van der Waals surface area contributed by atoms with Crippen molar-refractivity contribution in [3.8, 4) is 0 Å². The second kappa shape index (κ2) is 11.4. The summed E-state index contributed by atoms with van der Waals surface area (Å²) in [6, 6.07) is 20.9. The van der Waals surface area contributed by atoms with Gasteiger partial charge < -0.3 is 16.4 Å². The van der Waals surface area contributed by atoms with Crippen LogP contribution >= 0.6 is 11.8 Å². The van der Waals surface area contributed by atoms with Gasteiger partial charge in [0, 0.05) is 22.2 Å². The topological polar surface area (TPSA) is 144 Å². The van der Waals surface area contributed by atoms with Gasteiger partial charge in [0.15, 0.2) is 0 Å². The van der Waals surface area contributed by atoms with Gasteiger partial charge in [-0.2, -0.15) is 0 Å². The lowest BCUT2D eigenvalue weighted by atomic mass is 10.1. The molecule has 0 radical (unpaired) electrons. The summed E-state index contributed by atoms with van der Waals surface area (Å²) < 4.78 is 0. The summed E-state index contributed by atoms with van der Waals surface area (Å²) in [6.07, 6.45) is 1.25. The predicted molar refractivity (Wildman–Crippen MR) is 130 cm³/mol. The van der Waals surface area contributed by atoms with Gasteiger partial charge in [0.25, 0.3) is 17.5 Å². The lowest BCUT2D eigenvalue weighted by Crippen LogP contribution is -2.30. The van der Waals surface area contributed by atoms with Gasteiger partial charge in [-0.15, -0.1) is 11.8 Å². The molecule has 0 aliphatic rings. The molecule has 3 rings (SSSR count). The predicted octanol–water partition coefficient (Wildman–Crippen LogP) is 3.58. The Kier molecular flexibility index (Phi) is 8.14. The van der Waals surface area contributed by atoms with Gasteiger partial charge in [0.2, 0.25) is 5.91 Å². The molecule has 172 valence electrons. The molecule has 0 unspecified atom stereocenters. The zero-order valence-corrected chi connectivity index (χ0v) is 18.6. The number of nitrogens with zero attached hydrogens (tertiary/aromatic N) is 1. The van der Waals surface area contributed by atoms with Crippen LogP contribution in [-0.2, 0) is 9.59 Å². The minimum absolute atomic E-state index is 0.0767. The van der Waals surface area contributed by atoms with E-state index in [4.69, 9.17) is 5.73 Å². The highest BCUT2D eigenvalue weighted by Gasteiger charge is 2.18. The van der Waals surface area contributed by atoms with Crippen molar-refractivity contribution in [1.29, 1.82) is 0 Å². The Morgan fingerprint density at radius 2 is 1.68 bits per heavy atom. The fourth-order valence-electron chi connectivity index (χ4n) is 2.89. The number of carbonyl (C=O) groups is 3. The first kappa shape index (κ1) is 24.2. The van der Waals surface area contributed by atoms with Crippen LogP contribution < -0.4 is 16.4 Å². The molecule has 0 aliphatic carbocycles. The molecule has 0 spiro atoms. The van der Waals surface area contributed by atoms with Crippen molar-refractivity contribution in [2.45, 2.75) is 4.90 Å². The van der Waals surface area contributed by atoms with Crippen molar-refractivity contribution in [3.63, 3.8) is 0 Å². The molecule has 0 atom stereocenters. The maximum atomic E-state index is 13.1. The zero-order chi connectivity index (χ0) is 24.5. The number of anilines is 1. The fraction of sp³-hybridized carbons (Fsp3) is 0.0417. The Morgan fingerprint density at radius 3 is 2.38 bits per heavy atom. The van der Waals surface area contributed by atoms with Crippen molar-refractivity contribution in [2.75, 3.05) is 11.1 Å². The van der Waals surface area contributed by atoms with Crippen LogP contribution in [0.4, 0.5) is 11.4 Å². The van der Waals surface area contributed by atoms with Gasteiger partial charge in [-0.3, -0.25) is 24.5 Å². The van der Waals surface area contributed by atoms with Crippen molar-refractivity contribution in [1.82, 2.24) is 5.32 Å². The number of nitrogens with two attached hydrogens (primary N) is 1. The van der Waals surface area contributed by atoms with Crippen LogP contribution in [0.15, 0.2) is 89.5 Å². The number of primary amides is 1. The third-order valence-corrected chi connectivity index (χ3v) is 5.45. The maximum Gasteiger partial charge on any atom is 0.276 e. The lowest BCUT2D eigenvalue weighted by Gasteiger charge is -2.12. The summed E-state index contributed by atoms with van der Waals surface area (Å²) in [5.74, 6) is -1.63.